The van der Waals surface area contributed by atoms with Crippen molar-refractivity contribution in [3.8, 4) is 0 Å². The highest BCUT2D eigenvalue weighted by molar-refractivity contribution is 7.18. The lowest BCUT2D eigenvalue weighted by molar-refractivity contribution is 0.118. The molecule has 0 aromatic heterocycles. The van der Waals surface area contributed by atoms with E-state index in [1.165, 1.54) is 18.4 Å². The Hall–Kier alpha value is 0.130. The SMILES string of the molecule is CC.CCC(C)CCC1=CC(O)C(C)C(C)C1P. The van der Waals surface area contributed by atoms with Crippen molar-refractivity contribution >= 4 is 9.24 Å². The molecular weight excluding hydrogens is 239 g/mol. The van der Waals surface area contributed by atoms with Crippen LogP contribution in [0.2, 0.25) is 0 Å². The Morgan fingerprint density at radius 1 is 1.28 bits per heavy atom. The maximum atomic E-state index is 9.97. The normalized spacial score (nSPS) is 33.2. The summed E-state index contributed by atoms with van der Waals surface area (Å²) in [6.45, 7) is 13.0. The molecule has 0 amide bonds. The molecule has 108 valence electrons. The molecule has 0 saturated heterocycles. The summed E-state index contributed by atoms with van der Waals surface area (Å²) in [5.74, 6) is 1.75. The molecule has 0 aromatic carbocycles. The summed E-state index contributed by atoms with van der Waals surface area (Å²) >= 11 is 0. The molecule has 1 aliphatic carbocycles. The van der Waals surface area contributed by atoms with Gasteiger partial charge in [0.05, 0.1) is 6.10 Å². The molecule has 0 heterocycles. The van der Waals surface area contributed by atoms with Gasteiger partial charge < -0.3 is 5.11 Å². The lowest BCUT2D eigenvalue weighted by Gasteiger charge is -2.35. The Balaban J connectivity index is 0.00000137. The van der Waals surface area contributed by atoms with Gasteiger partial charge in [0.2, 0.25) is 0 Å². The second kappa shape index (κ2) is 9.10. The predicted molar refractivity (Wildman–Crippen MR) is 86.0 cm³/mol. The lowest BCUT2D eigenvalue weighted by Crippen LogP contribution is -2.34. The van der Waals surface area contributed by atoms with Gasteiger partial charge in [-0.1, -0.05) is 59.6 Å². The third-order valence-corrected chi connectivity index (χ3v) is 5.41. The summed E-state index contributed by atoms with van der Waals surface area (Å²) in [5, 5.41) is 9.97. The number of hydrogen-bond donors (Lipinski definition) is 1. The minimum Gasteiger partial charge on any atom is -0.389 e. The first-order valence-corrected chi connectivity index (χ1v) is 8.28. The van der Waals surface area contributed by atoms with E-state index in [2.05, 4.69) is 43.0 Å². The van der Waals surface area contributed by atoms with E-state index in [9.17, 15) is 5.11 Å². The highest BCUT2D eigenvalue weighted by Gasteiger charge is 2.31. The van der Waals surface area contributed by atoms with E-state index in [4.69, 9.17) is 0 Å². The maximum absolute atomic E-state index is 9.97. The first-order chi connectivity index (χ1) is 8.47. The first kappa shape index (κ1) is 18.1. The molecule has 0 bridgehead atoms. The van der Waals surface area contributed by atoms with Crippen LogP contribution in [0.5, 0.6) is 0 Å². The molecule has 1 nitrogen and oxygen atoms in total. The topological polar surface area (TPSA) is 20.2 Å². The molecule has 1 rings (SSSR count). The minimum atomic E-state index is -0.237. The Morgan fingerprint density at radius 3 is 2.33 bits per heavy atom. The molecule has 0 radical (unpaired) electrons. The molecule has 0 aliphatic heterocycles. The summed E-state index contributed by atoms with van der Waals surface area (Å²) in [5.41, 5.74) is 2.01. The Bertz CT molecular complexity index is 249. The summed E-state index contributed by atoms with van der Waals surface area (Å²) < 4.78 is 0. The van der Waals surface area contributed by atoms with Crippen molar-refractivity contribution < 1.29 is 5.11 Å². The van der Waals surface area contributed by atoms with Gasteiger partial charge in [-0.3, -0.25) is 0 Å². The van der Waals surface area contributed by atoms with Gasteiger partial charge in [-0.2, -0.15) is 0 Å². The van der Waals surface area contributed by atoms with Crippen molar-refractivity contribution in [3.63, 3.8) is 0 Å². The quantitative estimate of drug-likeness (QED) is 0.583. The van der Waals surface area contributed by atoms with Crippen LogP contribution in [0.25, 0.3) is 0 Å². The highest BCUT2D eigenvalue weighted by atomic mass is 31.0. The van der Waals surface area contributed by atoms with Crippen molar-refractivity contribution in [3.05, 3.63) is 11.6 Å². The third-order valence-electron chi connectivity index (χ3n) is 4.37. The van der Waals surface area contributed by atoms with E-state index >= 15 is 0 Å². The van der Waals surface area contributed by atoms with Crippen LogP contribution in [0.1, 0.15) is 60.8 Å². The van der Waals surface area contributed by atoms with Gasteiger partial charge in [0.25, 0.3) is 0 Å². The number of rotatable bonds is 4. The average molecular weight is 272 g/mol. The Kier molecular flexibility index (Phi) is 9.17. The average Bonchev–Trinajstić information content (AvgIpc) is 2.40. The van der Waals surface area contributed by atoms with Crippen molar-refractivity contribution in [1.29, 1.82) is 0 Å². The lowest BCUT2D eigenvalue weighted by atomic mass is 9.78. The standard InChI is InChI=1S/C14H27OP.C2H6/c1-5-9(2)6-7-12-8-13(15)10(3)11(4)14(12)16;1-2/h8-11,13-15H,5-7,16H2,1-4H3;1-2H3. The van der Waals surface area contributed by atoms with E-state index in [0.29, 0.717) is 17.5 Å². The van der Waals surface area contributed by atoms with Crippen LogP contribution in [-0.2, 0) is 0 Å². The second-order valence-corrected chi connectivity index (χ2v) is 6.25. The summed E-state index contributed by atoms with van der Waals surface area (Å²) in [6, 6.07) is 0. The molecular formula is C16H33OP. The zero-order valence-corrected chi connectivity index (χ0v) is 14.3. The van der Waals surface area contributed by atoms with E-state index in [0.717, 1.165) is 12.3 Å². The van der Waals surface area contributed by atoms with Gasteiger partial charge in [-0.25, -0.2) is 0 Å². The zero-order chi connectivity index (χ0) is 14.3. The fourth-order valence-electron chi connectivity index (χ4n) is 2.33. The van der Waals surface area contributed by atoms with Gasteiger partial charge in [-0.05, 0) is 36.3 Å². The third kappa shape index (κ3) is 5.02. The van der Waals surface area contributed by atoms with Gasteiger partial charge in [0.1, 0.15) is 0 Å². The van der Waals surface area contributed by atoms with Gasteiger partial charge in [0, 0.05) is 0 Å². The maximum Gasteiger partial charge on any atom is 0.0752 e. The largest absolute Gasteiger partial charge is 0.389 e. The van der Waals surface area contributed by atoms with Gasteiger partial charge in [0.15, 0.2) is 0 Å². The van der Waals surface area contributed by atoms with Crippen LogP contribution in [-0.4, -0.2) is 16.9 Å². The van der Waals surface area contributed by atoms with Crippen molar-refractivity contribution in [2.75, 3.05) is 0 Å². The molecule has 0 aromatic rings. The number of allylic oxidation sites excluding steroid dienone is 1. The predicted octanol–water partition coefficient (Wildman–Crippen LogP) is 4.66. The van der Waals surface area contributed by atoms with Crippen LogP contribution in [0, 0.1) is 17.8 Å². The first-order valence-electron chi connectivity index (χ1n) is 7.61. The second-order valence-electron chi connectivity index (χ2n) is 5.53. The van der Waals surface area contributed by atoms with Gasteiger partial charge >= 0.3 is 0 Å². The van der Waals surface area contributed by atoms with Gasteiger partial charge in [-0.15, -0.1) is 9.24 Å². The summed E-state index contributed by atoms with van der Waals surface area (Å²) in [7, 11) is 2.97. The van der Waals surface area contributed by atoms with Crippen molar-refractivity contribution in [2.45, 2.75) is 72.6 Å². The zero-order valence-electron chi connectivity index (χ0n) is 13.1. The van der Waals surface area contributed by atoms with Crippen LogP contribution in [0.15, 0.2) is 11.6 Å². The fraction of sp³-hybridized carbons (Fsp3) is 0.875. The van der Waals surface area contributed by atoms with Crippen molar-refractivity contribution in [2.24, 2.45) is 17.8 Å². The molecule has 0 saturated carbocycles. The van der Waals surface area contributed by atoms with Crippen LogP contribution in [0.3, 0.4) is 0 Å². The monoisotopic (exact) mass is 272 g/mol. The molecule has 0 spiro atoms. The van der Waals surface area contributed by atoms with E-state index in [1.807, 2.05) is 13.8 Å². The number of aliphatic hydroxyl groups is 1. The Labute approximate surface area is 117 Å². The minimum absolute atomic E-state index is 0.237. The fourth-order valence-corrected chi connectivity index (χ4v) is 2.95. The van der Waals surface area contributed by atoms with Crippen LogP contribution >= 0.6 is 9.24 Å². The number of hydrogen-bond acceptors (Lipinski definition) is 1. The molecule has 2 heteroatoms. The van der Waals surface area contributed by atoms with E-state index in [-0.39, 0.29) is 6.10 Å². The molecule has 6 unspecified atom stereocenters. The Morgan fingerprint density at radius 2 is 1.83 bits per heavy atom. The van der Waals surface area contributed by atoms with Crippen molar-refractivity contribution in [1.82, 2.24) is 0 Å². The molecule has 0 fully saturated rings. The summed E-state index contributed by atoms with van der Waals surface area (Å²) in [4.78, 5) is 0. The summed E-state index contributed by atoms with van der Waals surface area (Å²) in [6.07, 6.45) is 5.52. The van der Waals surface area contributed by atoms with E-state index < -0.39 is 0 Å². The molecule has 6 atom stereocenters. The highest BCUT2D eigenvalue weighted by Crippen LogP contribution is 2.37. The molecule has 18 heavy (non-hydrogen) atoms. The number of aliphatic hydroxyl groups excluding tert-OH is 1. The van der Waals surface area contributed by atoms with Crippen LogP contribution < -0.4 is 0 Å². The van der Waals surface area contributed by atoms with E-state index in [1.54, 1.807) is 0 Å². The molecule has 1 aliphatic rings. The molecule has 1 N–H and O–H groups in total. The smallest absolute Gasteiger partial charge is 0.0752 e. The van der Waals surface area contributed by atoms with Crippen LogP contribution in [0.4, 0.5) is 0 Å².